The monoisotopic (exact) mass is 196 g/mol. The molecule has 0 amide bonds. The summed E-state index contributed by atoms with van der Waals surface area (Å²) >= 11 is 0. The average molecular weight is 196 g/mol. The Labute approximate surface area is 87.8 Å². The molecule has 3 atom stereocenters. The molecule has 0 aromatic heterocycles. The van der Waals surface area contributed by atoms with Gasteiger partial charge in [-0.1, -0.05) is 13.8 Å². The first-order valence-electron chi connectivity index (χ1n) is 5.97. The van der Waals surface area contributed by atoms with E-state index in [4.69, 9.17) is 5.73 Å². The predicted octanol–water partition coefficient (Wildman–Crippen LogP) is 1.70. The summed E-state index contributed by atoms with van der Waals surface area (Å²) in [5.41, 5.74) is 6.32. The zero-order valence-electron chi connectivity index (χ0n) is 9.79. The van der Waals surface area contributed by atoms with Crippen molar-refractivity contribution in [2.45, 2.75) is 39.2 Å². The second-order valence-corrected chi connectivity index (χ2v) is 5.78. The van der Waals surface area contributed by atoms with Gasteiger partial charge in [-0.15, -0.1) is 0 Å². The van der Waals surface area contributed by atoms with Crippen LogP contribution in [0.1, 0.15) is 33.1 Å². The minimum absolute atomic E-state index is 0.526. The fraction of sp³-hybridized carbons (Fsp3) is 1.00. The Morgan fingerprint density at radius 3 is 2.50 bits per heavy atom. The van der Waals surface area contributed by atoms with Crippen LogP contribution in [0.5, 0.6) is 0 Å². The van der Waals surface area contributed by atoms with Crippen molar-refractivity contribution in [3.63, 3.8) is 0 Å². The maximum Gasteiger partial charge on any atom is 0.00956 e. The molecule has 1 saturated carbocycles. The van der Waals surface area contributed by atoms with Crippen molar-refractivity contribution in [2.75, 3.05) is 20.1 Å². The quantitative estimate of drug-likeness (QED) is 0.744. The molecule has 2 N–H and O–H groups in total. The van der Waals surface area contributed by atoms with Gasteiger partial charge in [0.2, 0.25) is 0 Å². The SMILES string of the molecule is CN1CCCC1CC1C(CN)C1(C)C. The van der Waals surface area contributed by atoms with Crippen molar-refractivity contribution in [3.05, 3.63) is 0 Å². The molecule has 1 saturated heterocycles. The van der Waals surface area contributed by atoms with E-state index in [2.05, 4.69) is 25.8 Å². The second kappa shape index (κ2) is 3.49. The fourth-order valence-corrected chi connectivity index (χ4v) is 3.36. The summed E-state index contributed by atoms with van der Waals surface area (Å²) in [7, 11) is 2.27. The molecular weight excluding hydrogens is 172 g/mol. The predicted molar refractivity (Wildman–Crippen MR) is 60.1 cm³/mol. The third kappa shape index (κ3) is 1.59. The van der Waals surface area contributed by atoms with Crippen LogP contribution in [0.4, 0.5) is 0 Å². The molecule has 0 radical (unpaired) electrons. The van der Waals surface area contributed by atoms with Gasteiger partial charge in [0.1, 0.15) is 0 Å². The molecule has 14 heavy (non-hydrogen) atoms. The Morgan fingerprint density at radius 1 is 1.36 bits per heavy atom. The van der Waals surface area contributed by atoms with Crippen LogP contribution in [0, 0.1) is 17.3 Å². The average Bonchev–Trinajstić information content (AvgIpc) is 2.44. The molecule has 2 heteroatoms. The molecule has 1 aliphatic carbocycles. The maximum absolute atomic E-state index is 5.80. The number of nitrogens with zero attached hydrogens (tertiary/aromatic N) is 1. The minimum atomic E-state index is 0.526. The summed E-state index contributed by atoms with van der Waals surface area (Å²) < 4.78 is 0. The zero-order valence-corrected chi connectivity index (χ0v) is 9.79. The third-order valence-corrected chi connectivity index (χ3v) is 4.74. The Morgan fingerprint density at radius 2 is 2.07 bits per heavy atom. The van der Waals surface area contributed by atoms with Gasteiger partial charge in [-0.25, -0.2) is 0 Å². The lowest BCUT2D eigenvalue weighted by Gasteiger charge is -2.19. The first-order chi connectivity index (χ1) is 6.57. The minimum Gasteiger partial charge on any atom is -0.330 e. The van der Waals surface area contributed by atoms with Crippen LogP contribution in [0.15, 0.2) is 0 Å². The number of likely N-dealkylation sites (tertiary alicyclic amines) is 1. The molecule has 2 aliphatic rings. The lowest BCUT2D eigenvalue weighted by Crippen LogP contribution is -2.25. The van der Waals surface area contributed by atoms with Crippen molar-refractivity contribution in [2.24, 2.45) is 23.0 Å². The van der Waals surface area contributed by atoms with Gasteiger partial charge in [-0.2, -0.15) is 0 Å². The molecule has 3 unspecified atom stereocenters. The van der Waals surface area contributed by atoms with Gasteiger partial charge in [0.25, 0.3) is 0 Å². The van der Waals surface area contributed by atoms with Gasteiger partial charge in [-0.3, -0.25) is 0 Å². The third-order valence-electron chi connectivity index (χ3n) is 4.74. The van der Waals surface area contributed by atoms with Gasteiger partial charge in [0.05, 0.1) is 0 Å². The van der Waals surface area contributed by atoms with Crippen LogP contribution >= 0.6 is 0 Å². The van der Waals surface area contributed by atoms with Gasteiger partial charge < -0.3 is 10.6 Å². The highest BCUT2D eigenvalue weighted by atomic mass is 15.1. The lowest BCUT2D eigenvalue weighted by atomic mass is 10.0. The number of nitrogens with two attached hydrogens (primary N) is 1. The van der Waals surface area contributed by atoms with Crippen molar-refractivity contribution < 1.29 is 0 Å². The van der Waals surface area contributed by atoms with Crippen molar-refractivity contribution in [1.82, 2.24) is 4.90 Å². The van der Waals surface area contributed by atoms with E-state index in [-0.39, 0.29) is 0 Å². The van der Waals surface area contributed by atoms with E-state index < -0.39 is 0 Å². The highest BCUT2D eigenvalue weighted by Crippen LogP contribution is 2.60. The van der Waals surface area contributed by atoms with Crippen LogP contribution < -0.4 is 5.73 Å². The van der Waals surface area contributed by atoms with Crippen LogP contribution in [-0.4, -0.2) is 31.1 Å². The smallest absolute Gasteiger partial charge is 0.00956 e. The van der Waals surface area contributed by atoms with Crippen LogP contribution in [-0.2, 0) is 0 Å². The summed E-state index contributed by atoms with van der Waals surface area (Å²) in [6.45, 7) is 6.94. The molecule has 2 nitrogen and oxygen atoms in total. The molecule has 2 fully saturated rings. The van der Waals surface area contributed by atoms with E-state index in [1.165, 1.54) is 25.8 Å². The van der Waals surface area contributed by atoms with E-state index in [0.29, 0.717) is 5.41 Å². The Bertz CT molecular complexity index is 212. The van der Waals surface area contributed by atoms with E-state index >= 15 is 0 Å². The highest BCUT2D eigenvalue weighted by Gasteiger charge is 2.56. The molecule has 0 aromatic rings. The maximum atomic E-state index is 5.80. The number of rotatable bonds is 3. The number of hydrogen-bond donors (Lipinski definition) is 1. The summed E-state index contributed by atoms with van der Waals surface area (Å²) in [5, 5.41) is 0. The molecule has 0 aromatic carbocycles. The van der Waals surface area contributed by atoms with Crippen LogP contribution in [0.3, 0.4) is 0 Å². The van der Waals surface area contributed by atoms with Gasteiger partial charge in [0.15, 0.2) is 0 Å². The topological polar surface area (TPSA) is 29.3 Å². The van der Waals surface area contributed by atoms with Gasteiger partial charge >= 0.3 is 0 Å². The largest absolute Gasteiger partial charge is 0.330 e. The molecule has 1 heterocycles. The summed E-state index contributed by atoms with van der Waals surface area (Å²) in [6, 6.07) is 0.843. The van der Waals surface area contributed by atoms with E-state index in [1.807, 2.05) is 0 Å². The van der Waals surface area contributed by atoms with Crippen LogP contribution in [0.25, 0.3) is 0 Å². The Hall–Kier alpha value is -0.0800. The number of hydrogen-bond acceptors (Lipinski definition) is 2. The summed E-state index contributed by atoms with van der Waals surface area (Å²) in [4.78, 5) is 2.53. The molecular formula is C12H24N2. The fourth-order valence-electron chi connectivity index (χ4n) is 3.36. The van der Waals surface area contributed by atoms with Gasteiger partial charge in [-0.05, 0) is 56.7 Å². The van der Waals surface area contributed by atoms with Crippen LogP contribution in [0.2, 0.25) is 0 Å². The zero-order chi connectivity index (χ0) is 10.3. The Balaban J connectivity index is 1.87. The summed E-state index contributed by atoms with van der Waals surface area (Å²) in [5.74, 6) is 1.68. The first kappa shape index (κ1) is 10.4. The lowest BCUT2D eigenvalue weighted by molar-refractivity contribution is 0.276. The first-order valence-corrected chi connectivity index (χ1v) is 5.97. The summed E-state index contributed by atoms with van der Waals surface area (Å²) in [6.07, 6.45) is 4.17. The molecule has 82 valence electrons. The van der Waals surface area contributed by atoms with E-state index in [1.54, 1.807) is 0 Å². The molecule has 1 aliphatic heterocycles. The molecule has 0 bridgehead atoms. The van der Waals surface area contributed by atoms with Crippen molar-refractivity contribution in [3.8, 4) is 0 Å². The highest BCUT2D eigenvalue weighted by molar-refractivity contribution is 5.06. The van der Waals surface area contributed by atoms with Gasteiger partial charge in [0, 0.05) is 6.04 Å². The standard InChI is InChI=1S/C12H24N2/c1-12(2)10(11(12)8-13)7-9-5-4-6-14(9)3/h9-11H,4-8,13H2,1-3H3. The molecule has 2 rings (SSSR count). The Kier molecular flexibility index (Phi) is 2.61. The molecule has 0 spiro atoms. The normalized spacial score (nSPS) is 41.6. The van der Waals surface area contributed by atoms with E-state index in [9.17, 15) is 0 Å². The second-order valence-electron chi connectivity index (χ2n) is 5.78. The van der Waals surface area contributed by atoms with E-state index in [0.717, 1.165) is 24.4 Å². The van der Waals surface area contributed by atoms with Crippen molar-refractivity contribution in [1.29, 1.82) is 0 Å². The van der Waals surface area contributed by atoms with Crippen molar-refractivity contribution >= 4 is 0 Å².